The van der Waals surface area contributed by atoms with E-state index in [1.807, 2.05) is 59.4 Å². The molecule has 2 atom stereocenters. The molecule has 2 nitrogen and oxygen atoms in total. The van der Waals surface area contributed by atoms with Crippen LogP contribution in [0.3, 0.4) is 0 Å². The third-order valence-corrected chi connectivity index (χ3v) is 3.37. The van der Waals surface area contributed by atoms with Crippen molar-refractivity contribution in [2.24, 2.45) is 0 Å². The van der Waals surface area contributed by atoms with Crippen LogP contribution in [-0.2, 0) is 0 Å². The van der Waals surface area contributed by atoms with Gasteiger partial charge in [-0.3, -0.25) is 4.79 Å². The Hall–Kier alpha value is -0.670. The molecule has 1 aromatic carbocycles. The highest BCUT2D eigenvalue weighted by Crippen LogP contribution is 2.35. The molecule has 0 spiro atoms. The molecule has 102 valence electrons. The fourth-order valence-corrected chi connectivity index (χ4v) is 2.01. The zero-order valence-electron chi connectivity index (χ0n) is 9.72. The van der Waals surface area contributed by atoms with Crippen molar-refractivity contribution in [1.29, 1.82) is 0 Å². The zero-order valence-corrected chi connectivity index (χ0v) is 12.7. The first-order valence-corrected chi connectivity index (χ1v) is 6.95. The molecule has 0 aliphatic carbocycles. The molecular formula is C13H11Cl4NO. The summed E-state index contributed by atoms with van der Waals surface area (Å²) in [6, 6.07) is 13.7. The van der Waals surface area contributed by atoms with E-state index in [2.05, 4.69) is 23.2 Å². The minimum Gasteiger partial charge on any atom is -0.336 e. The van der Waals surface area contributed by atoms with Crippen molar-refractivity contribution in [3.05, 3.63) is 60.4 Å². The van der Waals surface area contributed by atoms with Gasteiger partial charge in [0.15, 0.2) is 0 Å². The fraction of sp³-hybridized carbons (Fsp3) is 0.154. The number of halogens is 4. The van der Waals surface area contributed by atoms with Crippen molar-refractivity contribution < 1.29 is 4.79 Å². The van der Waals surface area contributed by atoms with Crippen LogP contribution in [0.15, 0.2) is 54.9 Å². The average molecular weight is 339 g/mol. The second-order valence-corrected chi connectivity index (χ2v) is 5.34. The first-order valence-electron chi connectivity index (χ1n) is 5.33. The number of carbonyl (C=O) groups excluding carboxylic acids is 1. The molecular weight excluding hydrogens is 328 g/mol. The van der Waals surface area contributed by atoms with Crippen LogP contribution in [-0.4, -0.2) is 9.27 Å². The van der Waals surface area contributed by atoms with Gasteiger partial charge < -0.3 is 4.57 Å². The van der Waals surface area contributed by atoms with Crippen molar-refractivity contribution in [1.82, 2.24) is 4.57 Å². The first-order chi connectivity index (χ1) is 9.02. The normalized spacial score (nSPS) is 13.1. The number of hydrogen-bond donors (Lipinski definition) is 0. The molecule has 2 unspecified atom stereocenters. The van der Waals surface area contributed by atoms with E-state index in [1.54, 1.807) is 0 Å². The fourth-order valence-electron chi connectivity index (χ4n) is 1.46. The molecule has 0 fully saturated rings. The Morgan fingerprint density at radius 3 is 1.89 bits per heavy atom. The molecule has 2 aromatic rings. The van der Waals surface area contributed by atoms with Gasteiger partial charge in [-0.25, -0.2) is 0 Å². The number of rotatable bonds is 3. The van der Waals surface area contributed by atoms with E-state index < -0.39 is 4.70 Å². The van der Waals surface area contributed by atoms with Gasteiger partial charge >= 0.3 is 4.70 Å². The Morgan fingerprint density at radius 1 is 0.947 bits per heavy atom. The van der Waals surface area contributed by atoms with E-state index in [-0.39, 0.29) is 10.9 Å². The van der Waals surface area contributed by atoms with Crippen LogP contribution in [0.25, 0.3) is 0 Å². The highest BCUT2D eigenvalue weighted by Gasteiger charge is 2.18. The van der Waals surface area contributed by atoms with Crippen LogP contribution < -0.4 is 0 Å². The molecule has 0 amide bonds. The Bertz CT molecular complexity index is 483. The number of hydrogen-bond acceptors (Lipinski definition) is 1. The van der Waals surface area contributed by atoms with Gasteiger partial charge in [0.05, 0.1) is 5.38 Å². The van der Waals surface area contributed by atoms with E-state index in [0.29, 0.717) is 0 Å². The van der Waals surface area contributed by atoms with Gasteiger partial charge in [0.25, 0.3) is 0 Å². The summed E-state index contributed by atoms with van der Waals surface area (Å²) in [5.74, 6) is 0. The van der Waals surface area contributed by atoms with E-state index in [1.165, 1.54) is 0 Å². The third-order valence-electron chi connectivity index (χ3n) is 2.27. The monoisotopic (exact) mass is 337 g/mol. The summed E-state index contributed by atoms with van der Waals surface area (Å²) < 4.78 is 1.01. The molecule has 0 N–H and O–H groups in total. The van der Waals surface area contributed by atoms with Gasteiger partial charge in [-0.2, -0.15) is 0 Å². The lowest BCUT2D eigenvalue weighted by Crippen LogP contribution is -2.06. The molecule has 1 heterocycles. The third kappa shape index (κ3) is 5.87. The quantitative estimate of drug-likeness (QED) is 0.512. The van der Waals surface area contributed by atoms with Crippen LogP contribution >= 0.6 is 46.4 Å². The van der Waals surface area contributed by atoms with Crippen LogP contribution in [0.4, 0.5) is 4.79 Å². The number of nitrogens with zero attached hydrogens (tertiary/aromatic N) is 1. The maximum atomic E-state index is 8.98. The summed E-state index contributed by atoms with van der Waals surface area (Å²) in [5.41, 5.74) is 0.775. The van der Waals surface area contributed by atoms with E-state index in [9.17, 15) is 0 Å². The van der Waals surface area contributed by atoms with Crippen LogP contribution in [0.5, 0.6) is 0 Å². The predicted molar refractivity (Wildman–Crippen MR) is 81.5 cm³/mol. The minimum absolute atomic E-state index is 0.222. The molecule has 0 bridgehead atoms. The minimum atomic E-state index is -0.889. The summed E-state index contributed by atoms with van der Waals surface area (Å²) in [4.78, 5) is 8.98. The van der Waals surface area contributed by atoms with Crippen molar-refractivity contribution in [3.63, 3.8) is 0 Å². The number of aromatic nitrogens is 1. The Morgan fingerprint density at radius 2 is 1.42 bits per heavy atom. The number of alkyl halides is 2. The summed E-state index contributed by atoms with van der Waals surface area (Å²) in [6.45, 7) is 0. The van der Waals surface area contributed by atoms with Gasteiger partial charge in [0.1, 0.15) is 5.50 Å². The summed E-state index contributed by atoms with van der Waals surface area (Å²) in [7, 11) is 0. The molecule has 0 aliphatic heterocycles. The topological polar surface area (TPSA) is 22.0 Å². The summed E-state index contributed by atoms with van der Waals surface area (Å²) >= 11 is 21.4. The highest BCUT2D eigenvalue weighted by molar-refractivity contribution is 6.93. The van der Waals surface area contributed by atoms with Gasteiger partial charge in [0, 0.05) is 12.4 Å². The Labute approximate surface area is 131 Å². The van der Waals surface area contributed by atoms with Gasteiger partial charge in [-0.1, -0.05) is 41.9 Å². The van der Waals surface area contributed by atoms with Crippen molar-refractivity contribution in [3.8, 4) is 0 Å². The standard InChI is InChI=1S/C12H11Cl2N.CCl2O/c13-11(10-6-2-1-3-7-10)12(14)15-8-4-5-9-15;2-1(3)4/h1-9,11-12H;. The molecule has 1 aromatic heterocycles. The lowest BCUT2D eigenvalue weighted by Gasteiger charge is -2.17. The van der Waals surface area contributed by atoms with Gasteiger partial charge in [0.2, 0.25) is 0 Å². The van der Waals surface area contributed by atoms with Crippen molar-refractivity contribution in [2.45, 2.75) is 10.9 Å². The lowest BCUT2D eigenvalue weighted by atomic mass is 10.1. The van der Waals surface area contributed by atoms with Crippen molar-refractivity contribution in [2.75, 3.05) is 0 Å². The predicted octanol–water partition coefficient (Wildman–Crippen LogP) is 5.79. The van der Waals surface area contributed by atoms with Crippen LogP contribution in [0.2, 0.25) is 0 Å². The Kier molecular flexibility index (Phi) is 7.32. The SMILES string of the molecule is ClC(c1ccccc1)C(Cl)n1cccc1.O=C(Cl)Cl. The molecule has 19 heavy (non-hydrogen) atoms. The van der Waals surface area contributed by atoms with E-state index in [0.717, 1.165) is 5.56 Å². The number of benzene rings is 1. The molecule has 0 radical (unpaired) electrons. The molecule has 0 saturated heterocycles. The Balaban J connectivity index is 0.000000399. The van der Waals surface area contributed by atoms with E-state index in [4.69, 9.17) is 28.0 Å². The summed E-state index contributed by atoms with van der Waals surface area (Å²) in [5, 5.41) is -0.222. The van der Waals surface area contributed by atoms with Gasteiger partial charge in [-0.15, -0.1) is 11.6 Å². The van der Waals surface area contributed by atoms with Crippen molar-refractivity contribution >= 4 is 51.1 Å². The average Bonchev–Trinajstić information content (AvgIpc) is 2.91. The first kappa shape index (κ1) is 16.4. The molecule has 6 heteroatoms. The number of carbonyl (C=O) groups is 1. The smallest absolute Gasteiger partial charge is 0.313 e. The molecule has 0 aliphatic rings. The van der Waals surface area contributed by atoms with E-state index >= 15 is 0 Å². The second kappa shape index (κ2) is 8.49. The largest absolute Gasteiger partial charge is 0.336 e. The maximum Gasteiger partial charge on any atom is 0.313 e. The molecule has 0 saturated carbocycles. The lowest BCUT2D eigenvalue weighted by molar-refractivity contribution is 0.275. The maximum absolute atomic E-state index is 8.98. The summed E-state index contributed by atoms with van der Waals surface area (Å²) in [6.07, 6.45) is 3.83. The second-order valence-electron chi connectivity index (χ2n) is 3.54. The zero-order chi connectivity index (χ0) is 14.3. The molecule has 2 rings (SSSR count). The van der Waals surface area contributed by atoms with Crippen LogP contribution in [0, 0.1) is 0 Å². The van der Waals surface area contributed by atoms with Gasteiger partial charge in [-0.05, 0) is 40.9 Å². The highest BCUT2D eigenvalue weighted by atomic mass is 35.5. The van der Waals surface area contributed by atoms with Crippen LogP contribution in [0.1, 0.15) is 16.4 Å².